The Labute approximate surface area is 176 Å². The van der Waals surface area contributed by atoms with Crippen LogP contribution in [0.1, 0.15) is 43.0 Å². The lowest BCUT2D eigenvalue weighted by atomic mass is 10.0. The number of carbonyl (C=O) groups is 2. The van der Waals surface area contributed by atoms with Crippen molar-refractivity contribution in [3.8, 4) is 0 Å². The molecule has 7 nitrogen and oxygen atoms in total. The number of hydrogen-bond acceptors (Lipinski definition) is 4. The van der Waals surface area contributed by atoms with E-state index >= 15 is 0 Å². The van der Waals surface area contributed by atoms with E-state index in [0.717, 1.165) is 25.7 Å². The van der Waals surface area contributed by atoms with Crippen LogP contribution in [0.15, 0.2) is 53.4 Å². The average Bonchev–Trinajstić information content (AvgIpc) is 2.78. The number of benzene rings is 2. The highest BCUT2D eigenvalue weighted by molar-refractivity contribution is 7.89. The molecular formula is C22H25N3O4S. The summed E-state index contributed by atoms with van der Waals surface area (Å²) in [6.45, 7) is 2.45. The predicted octanol–water partition coefficient (Wildman–Crippen LogP) is 3.24. The number of amides is 2. The maximum absolute atomic E-state index is 13.1. The van der Waals surface area contributed by atoms with Gasteiger partial charge in [-0.1, -0.05) is 25.5 Å². The quantitative estimate of drug-likeness (QED) is 0.812. The third-order valence-electron chi connectivity index (χ3n) is 5.77. The summed E-state index contributed by atoms with van der Waals surface area (Å²) in [6, 6.07) is 13.1. The number of sulfonamides is 1. The van der Waals surface area contributed by atoms with Crippen LogP contribution in [-0.2, 0) is 14.8 Å². The van der Waals surface area contributed by atoms with Crippen molar-refractivity contribution < 1.29 is 18.0 Å². The molecule has 0 radical (unpaired) electrons. The molecule has 2 aromatic rings. The normalized spacial score (nSPS) is 19.8. The van der Waals surface area contributed by atoms with Crippen molar-refractivity contribution in [2.75, 3.05) is 23.3 Å². The third kappa shape index (κ3) is 3.73. The van der Waals surface area contributed by atoms with Gasteiger partial charge in [0.25, 0.3) is 5.91 Å². The van der Waals surface area contributed by atoms with Crippen LogP contribution in [0, 0.1) is 0 Å². The molecule has 0 aromatic heterocycles. The first-order chi connectivity index (χ1) is 14.4. The molecule has 0 bridgehead atoms. The first-order valence-corrected chi connectivity index (χ1v) is 11.7. The van der Waals surface area contributed by atoms with Crippen LogP contribution in [0.25, 0.3) is 0 Å². The van der Waals surface area contributed by atoms with Crippen molar-refractivity contribution in [3.05, 3.63) is 54.1 Å². The van der Waals surface area contributed by atoms with E-state index in [0.29, 0.717) is 23.5 Å². The highest BCUT2D eigenvalue weighted by atomic mass is 32.2. The van der Waals surface area contributed by atoms with E-state index in [1.807, 2.05) is 6.92 Å². The van der Waals surface area contributed by atoms with Gasteiger partial charge in [-0.15, -0.1) is 0 Å². The number of nitrogens with zero attached hydrogens (tertiary/aromatic N) is 2. The number of para-hydroxylation sites is 2. The Bertz CT molecular complexity index is 1070. The van der Waals surface area contributed by atoms with E-state index in [9.17, 15) is 18.0 Å². The summed E-state index contributed by atoms with van der Waals surface area (Å²) >= 11 is 0. The van der Waals surface area contributed by atoms with Crippen molar-refractivity contribution in [1.29, 1.82) is 0 Å². The lowest BCUT2D eigenvalue weighted by Crippen LogP contribution is -2.43. The summed E-state index contributed by atoms with van der Waals surface area (Å²) in [4.78, 5) is 26.7. The number of nitrogens with one attached hydrogen (secondary N) is 1. The van der Waals surface area contributed by atoms with Crippen molar-refractivity contribution in [2.45, 2.75) is 43.5 Å². The second-order valence-electron chi connectivity index (χ2n) is 7.65. The highest BCUT2D eigenvalue weighted by Gasteiger charge is 2.33. The van der Waals surface area contributed by atoms with Gasteiger partial charge in [0, 0.05) is 18.2 Å². The number of carbonyl (C=O) groups excluding carboxylic acids is 2. The van der Waals surface area contributed by atoms with Crippen LogP contribution in [0.2, 0.25) is 0 Å². The summed E-state index contributed by atoms with van der Waals surface area (Å²) in [7, 11) is -3.60. The standard InChI is InChI=1S/C22H25N3O4S/c1-2-17-7-5-6-14-25(17)30(28,29)18-12-10-16(11-13-18)22(27)24-15-21(26)23-19-8-3-4-9-20(19)24/h3-4,8-13,17H,2,5-7,14-15H2,1H3,(H,23,26)/t17-/m0/s1. The Morgan fingerprint density at radius 1 is 1.10 bits per heavy atom. The zero-order valence-electron chi connectivity index (χ0n) is 16.9. The molecule has 158 valence electrons. The molecule has 0 saturated carbocycles. The molecule has 2 aromatic carbocycles. The minimum absolute atomic E-state index is 0.0217. The molecule has 1 saturated heterocycles. The largest absolute Gasteiger partial charge is 0.323 e. The number of hydrogen-bond donors (Lipinski definition) is 1. The summed E-state index contributed by atoms with van der Waals surface area (Å²) in [5.74, 6) is -0.609. The van der Waals surface area contributed by atoms with Crippen molar-refractivity contribution in [2.24, 2.45) is 0 Å². The Hall–Kier alpha value is -2.71. The van der Waals surface area contributed by atoms with E-state index < -0.39 is 10.0 Å². The summed E-state index contributed by atoms with van der Waals surface area (Å²) in [5.41, 5.74) is 1.54. The number of piperidine rings is 1. The zero-order chi connectivity index (χ0) is 21.3. The second-order valence-corrected chi connectivity index (χ2v) is 9.55. The van der Waals surface area contributed by atoms with Gasteiger partial charge in [-0.3, -0.25) is 14.5 Å². The fourth-order valence-electron chi connectivity index (χ4n) is 4.17. The molecule has 1 atom stereocenters. The Morgan fingerprint density at radius 3 is 2.57 bits per heavy atom. The minimum Gasteiger partial charge on any atom is -0.323 e. The first kappa shape index (κ1) is 20.6. The van der Waals surface area contributed by atoms with Crippen LogP contribution in [-0.4, -0.2) is 43.7 Å². The van der Waals surface area contributed by atoms with Crippen LogP contribution >= 0.6 is 0 Å². The van der Waals surface area contributed by atoms with Crippen molar-refractivity contribution in [1.82, 2.24) is 4.31 Å². The Balaban J connectivity index is 1.60. The van der Waals surface area contributed by atoms with Crippen LogP contribution in [0.3, 0.4) is 0 Å². The zero-order valence-corrected chi connectivity index (χ0v) is 17.7. The van der Waals surface area contributed by atoms with Gasteiger partial charge < -0.3 is 5.32 Å². The monoisotopic (exact) mass is 427 g/mol. The van der Waals surface area contributed by atoms with Gasteiger partial charge in [-0.25, -0.2) is 8.42 Å². The number of fused-ring (bicyclic) bond motifs is 1. The van der Waals surface area contributed by atoms with Crippen LogP contribution < -0.4 is 10.2 Å². The molecule has 0 aliphatic carbocycles. The Kier molecular flexibility index (Phi) is 5.62. The summed E-state index contributed by atoms with van der Waals surface area (Å²) < 4.78 is 27.8. The van der Waals surface area contributed by atoms with Gasteiger partial charge in [0.2, 0.25) is 15.9 Å². The highest BCUT2D eigenvalue weighted by Crippen LogP contribution is 2.31. The first-order valence-electron chi connectivity index (χ1n) is 10.2. The van der Waals surface area contributed by atoms with E-state index in [4.69, 9.17) is 0 Å². The average molecular weight is 428 g/mol. The SMILES string of the molecule is CC[C@H]1CCCCN1S(=O)(=O)c1ccc(C(=O)N2CC(=O)Nc3ccccc32)cc1. The molecule has 2 aliphatic rings. The molecule has 1 fully saturated rings. The third-order valence-corrected chi connectivity index (χ3v) is 7.73. The van der Waals surface area contributed by atoms with E-state index in [1.165, 1.54) is 29.2 Å². The topological polar surface area (TPSA) is 86.8 Å². The maximum atomic E-state index is 13.1. The summed E-state index contributed by atoms with van der Waals surface area (Å²) in [5, 5.41) is 2.75. The molecule has 2 aliphatic heterocycles. The fourth-order valence-corrected chi connectivity index (χ4v) is 5.94. The minimum atomic E-state index is -3.60. The molecule has 8 heteroatoms. The van der Waals surface area contributed by atoms with Crippen LogP contribution in [0.4, 0.5) is 11.4 Å². The van der Waals surface area contributed by atoms with E-state index in [-0.39, 0.29) is 29.3 Å². The molecule has 2 heterocycles. The van der Waals surface area contributed by atoms with Crippen molar-refractivity contribution >= 4 is 33.2 Å². The lowest BCUT2D eigenvalue weighted by Gasteiger charge is -2.34. The van der Waals surface area contributed by atoms with Gasteiger partial charge >= 0.3 is 0 Å². The van der Waals surface area contributed by atoms with Gasteiger partial charge in [-0.05, 0) is 55.7 Å². The molecule has 4 rings (SSSR count). The maximum Gasteiger partial charge on any atom is 0.258 e. The molecule has 1 N–H and O–H groups in total. The molecule has 30 heavy (non-hydrogen) atoms. The Morgan fingerprint density at radius 2 is 1.83 bits per heavy atom. The fraction of sp³-hybridized carbons (Fsp3) is 0.364. The van der Waals surface area contributed by atoms with Gasteiger partial charge in [0.15, 0.2) is 0 Å². The van der Waals surface area contributed by atoms with Gasteiger partial charge in [-0.2, -0.15) is 4.31 Å². The van der Waals surface area contributed by atoms with Gasteiger partial charge in [0.1, 0.15) is 6.54 Å². The molecule has 0 spiro atoms. The van der Waals surface area contributed by atoms with E-state index in [2.05, 4.69) is 5.32 Å². The second kappa shape index (κ2) is 8.20. The number of rotatable bonds is 4. The molecule has 2 amide bonds. The van der Waals surface area contributed by atoms with Gasteiger partial charge in [0.05, 0.1) is 16.3 Å². The lowest BCUT2D eigenvalue weighted by molar-refractivity contribution is -0.115. The number of anilines is 2. The molecule has 0 unspecified atom stereocenters. The van der Waals surface area contributed by atoms with Crippen LogP contribution in [0.5, 0.6) is 0 Å². The predicted molar refractivity (Wildman–Crippen MR) is 115 cm³/mol. The molecular weight excluding hydrogens is 402 g/mol. The van der Waals surface area contributed by atoms with E-state index in [1.54, 1.807) is 28.6 Å². The van der Waals surface area contributed by atoms with Crippen molar-refractivity contribution in [3.63, 3.8) is 0 Å². The summed E-state index contributed by atoms with van der Waals surface area (Å²) in [6.07, 6.45) is 3.57. The smallest absolute Gasteiger partial charge is 0.258 e.